The van der Waals surface area contributed by atoms with Crippen LogP contribution in [0.15, 0.2) is 36.5 Å². The lowest BCUT2D eigenvalue weighted by atomic mass is 10.1. The van der Waals surface area contributed by atoms with Crippen molar-refractivity contribution in [1.29, 1.82) is 0 Å². The molecule has 5 rings (SSSR count). The Hall–Kier alpha value is -2.40. The summed E-state index contributed by atoms with van der Waals surface area (Å²) in [7, 11) is 0. The first-order chi connectivity index (χ1) is 13.7. The minimum atomic E-state index is -0.451. The first kappa shape index (κ1) is 18.6. The molecule has 0 N–H and O–H groups in total. The quantitative estimate of drug-likeness (QED) is 0.570. The number of rotatable bonds is 2. The standard InChI is InChI=1S/C23H23ClFN3O/c1-23(2,3)28-12-17(13-4-6-18(24)19(25)9-13)16-5-7-20(26-21(16)28)22(29)27-10-14-8-15(14)11-27/h4-7,9,12,14-15H,8,10-11H2,1-3H3. The van der Waals surface area contributed by atoms with Gasteiger partial charge in [-0.05, 0) is 68.9 Å². The molecule has 1 aliphatic heterocycles. The van der Waals surface area contributed by atoms with E-state index in [4.69, 9.17) is 16.6 Å². The van der Waals surface area contributed by atoms with Gasteiger partial charge in [0, 0.05) is 35.8 Å². The third-order valence-electron chi connectivity index (χ3n) is 6.09. The average Bonchev–Trinajstić information content (AvgIpc) is 3.11. The van der Waals surface area contributed by atoms with Crippen LogP contribution in [0.4, 0.5) is 4.39 Å². The summed E-state index contributed by atoms with van der Waals surface area (Å²) in [6.07, 6.45) is 3.24. The van der Waals surface area contributed by atoms with Crippen LogP contribution in [0.1, 0.15) is 37.7 Å². The van der Waals surface area contributed by atoms with Gasteiger partial charge in [0.25, 0.3) is 5.91 Å². The number of halogens is 2. The number of nitrogens with zero attached hydrogens (tertiary/aromatic N) is 3. The molecule has 29 heavy (non-hydrogen) atoms. The van der Waals surface area contributed by atoms with Crippen molar-refractivity contribution in [3.05, 3.63) is 53.1 Å². The number of hydrogen-bond acceptors (Lipinski definition) is 2. The molecule has 2 unspecified atom stereocenters. The first-order valence-corrected chi connectivity index (χ1v) is 10.4. The van der Waals surface area contributed by atoms with Crippen LogP contribution in [0.2, 0.25) is 5.02 Å². The largest absolute Gasteiger partial charge is 0.337 e. The van der Waals surface area contributed by atoms with Crippen LogP contribution in [-0.2, 0) is 5.54 Å². The van der Waals surface area contributed by atoms with Crippen molar-refractivity contribution >= 4 is 28.5 Å². The van der Waals surface area contributed by atoms with Crippen molar-refractivity contribution in [3.8, 4) is 11.1 Å². The topological polar surface area (TPSA) is 38.1 Å². The fourth-order valence-electron chi connectivity index (χ4n) is 4.35. The molecule has 2 fully saturated rings. The van der Waals surface area contributed by atoms with Gasteiger partial charge >= 0.3 is 0 Å². The predicted octanol–water partition coefficient (Wildman–Crippen LogP) is 5.34. The summed E-state index contributed by atoms with van der Waals surface area (Å²) in [6.45, 7) is 7.95. The van der Waals surface area contributed by atoms with Gasteiger partial charge in [-0.2, -0.15) is 0 Å². The number of benzene rings is 1. The van der Waals surface area contributed by atoms with E-state index in [-0.39, 0.29) is 16.5 Å². The van der Waals surface area contributed by atoms with Crippen molar-refractivity contribution < 1.29 is 9.18 Å². The van der Waals surface area contributed by atoms with Gasteiger partial charge in [0.2, 0.25) is 0 Å². The lowest BCUT2D eigenvalue weighted by Gasteiger charge is -2.22. The van der Waals surface area contributed by atoms with E-state index in [2.05, 4.69) is 25.3 Å². The van der Waals surface area contributed by atoms with E-state index in [1.807, 2.05) is 23.2 Å². The van der Waals surface area contributed by atoms with E-state index in [0.717, 1.165) is 35.2 Å². The van der Waals surface area contributed by atoms with Crippen LogP contribution in [0, 0.1) is 17.7 Å². The Kier molecular flexibility index (Phi) is 4.04. The van der Waals surface area contributed by atoms with Gasteiger partial charge in [-0.1, -0.05) is 17.7 Å². The summed E-state index contributed by atoms with van der Waals surface area (Å²) in [5.41, 5.74) is 2.57. The van der Waals surface area contributed by atoms with Crippen LogP contribution < -0.4 is 0 Å². The monoisotopic (exact) mass is 411 g/mol. The Morgan fingerprint density at radius 1 is 1.17 bits per heavy atom. The van der Waals surface area contributed by atoms with Crippen molar-refractivity contribution in [1.82, 2.24) is 14.5 Å². The van der Waals surface area contributed by atoms with E-state index < -0.39 is 5.82 Å². The SMILES string of the molecule is CC(C)(C)n1cc(-c2ccc(Cl)c(F)c2)c2ccc(C(=O)N3CC4CC4C3)nc21. The fraction of sp³-hybridized carbons (Fsp3) is 0.391. The third-order valence-corrected chi connectivity index (χ3v) is 6.40. The van der Waals surface area contributed by atoms with Crippen LogP contribution in [0.5, 0.6) is 0 Å². The van der Waals surface area contributed by atoms with Crippen LogP contribution in [0.25, 0.3) is 22.2 Å². The normalized spacial score (nSPS) is 20.9. The Bertz CT molecular complexity index is 1140. The smallest absolute Gasteiger partial charge is 0.272 e. The maximum absolute atomic E-state index is 14.1. The number of piperidine rings is 1. The maximum Gasteiger partial charge on any atom is 0.272 e. The van der Waals surface area contributed by atoms with Gasteiger partial charge in [0.15, 0.2) is 0 Å². The Morgan fingerprint density at radius 2 is 1.90 bits per heavy atom. The molecule has 4 nitrogen and oxygen atoms in total. The van der Waals surface area contributed by atoms with Gasteiger partial charge in [0.1, 0.15) is 17.2 Å². The van der Waals surface area contributed by atoms with Gasteiger partial charge in [-0.3, -0.25) is 4.79 Å². The summed E-state index contributed by atoms with van der Waals surface area (Å²) < 4.78 is 16.1. The van der Waals surface area contributed by atoms with E-state index >= 15 is 0 Å². The summed E-state index contributed by atoms with van der Waals surface area (Å²) in [4.78, 5) is 19.7. The molecule has 2 aromatic heterocycles. The molecule has 0 spiro atoms. The van der Waals surface area contributed by atoms with E-state index in [9.17, 15) is 9.18 Å². The molecule has 0 bridgehead atoms. The van der Waals surface area contributed by atoms with Crippen LogP contribution in [0.3, 0.4) is 0 Å². The molecule has 1 saturated heterocycles. The van der Waals surface area contributed by atoms with Crippen molar-refractivity contribution in [2.45, 2.75) is 32.7 Å². The lowest BCUT2D eigenvalue weighted by Crippen LogP contribution is -2.31. The molecule has 1 amide bonds. The second-order valence-corrected chi connectivity index (χ2v) is 9.65. The Morgan fingerprint density at radius 3 is 2.55 bits per heavy atom. The molecule has 1 saturated carbocycles. The zero-order valence-electron chi connectivity index (χ0n) is 16.7. The summed E-state index contributed by atoms with van der Waals surface area (Å²) in [5.74, 6) is 0.924. The molecular formula is C23H23ClFN3O. The highest BCUT2D eigenvalue weighted by atomic mass is 35.5. The minimum Gasteiger partial charge on any atom is -0.337 e. The van der Waals surface area contributed by atoms with Gasteiger partial charge in [0.05, 0.1) is 5.02 Å². The van der Waals surface area contributed by atoms with Crippen molar-refractivity contribution in [3.63, 3.8) is 0 Å². The number of aromatic nitrogens is 2. The molecule has 2 atom stereocenters. The molecule has 150 valence electrons. The number of fused-ring (bicyclic) bond motifs is 2. The van der Waals surface area contributed by atoms with Gasteiger partial charge < -0.3 is 9.47 Å². The second kappa shape index (κ2) is 6.30. The number of pyridine rings is 1. The van der Waals surface area contributed by atoms with E-state index in [1.165, 1.54) is 12.5 Å². The lowest BCUT2D eigenvalue weighted by molar-refractivity contribution is 0.0770. The molecule has 3 heterocycles. The highest BCUT2D eigenvalue weighted by molar-refractivity contribution is 6.30. The van der Waals surface area contributed by atoms with Crippen molar-refractivity contribution in [2.75, 3.05) is 13.1 Å². The average molecular weight is 412 g/mol. The maximum atomic E-state index is 14.1. The molecule has 0 radical (unpaired) electrons. The number of amides is 1. The zero-order valence-corrected chi connectivity index (χ0v) is 17.5. The Balaban J connectivity index is 1.62. The Labute approximate surface area is 174 Å². The highest BCUT2D eigenvalue weighted by Gasteiger charge is 2.46. The zero-order chi connectivity index (χ0) is 20.5. The molecule has 1 aromatic carbocycles. The van der Waals surface area contributed by atoms with Crippen LogP contribution >= 0.6 is 11.6 Å². The number of likely N-dealkylation sites (tertiary alicyclic amines) is 1. The first-order valence-electron chi connectivity index (χ1n) is 9.99. The molecule has 2 aliphatic rings. The summed E-state index contributed by atoms with van der Waals surface area (Å²) in [6, 6.07) is 8.53. The van der Waals surface area contributed by atoms with Gasteiger partial charge in [-0.15, -0.1) is 0 Å². The van der Waals surface area contributed by atoms with E-state index in [1.54, 1.807) is 12.1 Å². The summed E-state index contributed by atoms with van der Waals surface area (Å²) >= 11 is 5.86. The molecule has 1 aliphatic carbocycles. The number of carbonyl (C=O) groups excluding carboxylic acids is 1. The second-order valence-electron chi connectivity index (χ2n) is 9.25. The highest BCUT2D eigenvalue weighted by Crippen LogP contribution is 2.45. The predicted molar refractivity (Wildman–Crippen MR) is 113 cm³/mol. The van der Waals surface area contributed by atoms with E-state index in [0.29, 0.717) is 17.5 Å². The fourth-order valence-corrected chi connectivity index (χ4v) is 4.47. The molecule has 3 aromatic rings. The summed E-state index contributed by atoms with van der Waals surface area (Å²) in [5, 5.41) is 0.991. The third kappa shape index (κ3) is 3.12. The number of hydrogen-bond donors (Lipinski definition) is 0. The molecular weight excluding hydrogens is 389 g/mol. The number of carbonyl (C=O) groups is 1. The van der Waals surface area contributed by atoms with Crippen molar-refractivity contribution in [2.24, 2.45) is 11.8 Å². The minimum absolute atomic E-state index is 0.000142. The molecule has 6 heteroatoms. The van der Waals surface area contributed by atoms with Gasteiger partial charge in [-0.25, -0.2) is 9.37 Å². The van der Waals surface area contributed by atoms with Crippen LogP contribution in [-0.4, -0.2) is 33.4 Å².